The van der Waals surface area contributed by atoms with Gasteiger partial charge in [-0.25, -0.2) is 0 Å². The molecule has 4 fully saturated rings. The maximum absolute atomic E-state index is 11.5. The summed E-state index contributed by atoms with van der Waals surface area (Å²) >= 11 is 0. The van der Waals surface area contributed by atoms with Crippen LogP contribution in [0, 0.1) is 11.8 Å². The molecule has 0 aromatic carbocycles. The van der Waals surface area contributed by atoms with E-state index in [0.717, 1.165) is 6.42 Å². The van der Waals surface area contributed by atoms with Gasteiger partial charge in [0.2, 0.25) is 0 Å². The van der Waals surface area contributed by atoms with Crippen LogP contribution in [0.25, 0.3) is 0 Å². The molecule has 4 aliphatic carbocycles. The van der Waals surface area contributed by atoms with Crippen molar-refractivity contribution in [2.24, 2.45) is 11.8 Å². The summed E-state index contributed by atoms with van der Waals surface area (Å²) in [6, 6.07) is 0. The van der Waals surface area contributed by atoms with E-state index in [0.29, 0.717) is 25.7 Å². The van der Waals surface area contributed by atoms with Crippen LogP contribution in [0.3, 0.4) is 0 Å². The van der Waals surface area contributed by atoms with Gasteiger partial charge in [0.1, 0.15) is 5.60 Å². The monoisotopic (exact) mass is 284 g/mol. The zero-order valence-corrected chi connectivity index (χ0v) is 11.7. The van der Waals surface area contributed by atoms with Gasteiger partial charge in [0.05, 0.1) is 0 Å². The number of rotatable bonds is 2. The molecular formula is C14H20O6. The van der Waals surface area contributed by atoms with Crippen molar-refractivity contribution in [2.75, 3.05) is 0 Å². The zero-order valence-electron chi connectivity index (χ0n) is 11.7. The van der Waals surface area contributed by atoms with Gasteiger partial charge in [-0.2, -0.15) is 0 Å². The summed E-state index contributed by atoms with van der Waals surface area (Å²) in [6.07, 6.45) is 2.55. The Hall–Kier alpha value is -1.14. The number of ether oxygens (including phenoxy) is 2. The van der Waals surface area contributed by atoms with Gasteiger partial charge < -0.3 is 19.7 Å². The van der Waals surface area contributed by atoms with Gasteiger partial charge in [-0.15, -0.1) is 0 Å². The van der Waals surface area contributed by atoms with Crippen LogP contribution in [0.15, 0.2) is 0 Å². The maximum Gasteiger partial charge on any atom is 0.305 e. The minimum Gasteiger partial charge on any atom is -0.452 e. The lowest BCUT2D eigenvalue weighted by molar-refractivity contribution is -0.407. The van der Waals surface area contributed by atoms with Crippen molar-refractivity contribution in [3.63, 3.8) is 0 Å². The highest BCUT2D eigenvalue weighted by molar-refractivity contribution is 5.68. The first kappa shape index (κ1) is 13.8. The Bertz CT molecular complexity index is 458. The Morgan fingerprint density at radius 2 is 1.45 bits per heavy atom. The van der Waals surface area contributed by atoms with Crippen molar-refractivity contribution in [1.82, 2.24) is 0 Å². The van der Waals surface area contributed by atoms with Crippen molar-refractivity contribution >= 4 is 11.9 Å². The summed E-state index contributed by atoms with van der Waals surface area (Å²) in [5, 5.41) is 21.8. The van der Waals surface area contributed by atoms with Crippen molar-refractivity contribution in [3.8, 4) is 0 Å². The van der Waals surface area contributed by atoms with Crippen LogP contribution in [-0.4, -0.2) is 39.1 Å². The first-order valence-corrected chi connectivity index (χ1v) is 7.04. The molecule has 2 N–H and O–H groups in total. The van der Waals surface area contributed by atoms with Crippen molar-refractivity contribution in [3.05, 3.63) is 0 Å². The number of carbonyl (C=O) groups is 2. The highest BCUT2D eigenvalue weighted by atomic mass is 16.7. The second kappa shape index (κ2) is 3.95. The molecule has 3 atom stereocenters. The molecule has 0 radical (unpaired) electrons. The zero-order chi connectivity index (χ0) is 14.8. The quantitative estimate of drug-likeness (QED) is 0.566. The molecule has 3 unspecified atom stereocenters. The average Bonchev–Trinajstić information content (AvgIpc) is 2.22. The third-order valence-electron chi connectivity index (χ3n) is 5.04. The number of hydrogen-bond donors (Lipinski definition) is 2. The molecule has 4 saturated carbocycles. The molecule has 0 amide bonds. The smallest absolute Gasteiger partial charge is 0.305 e. The Morgan fingerprint density at radius 3 is 1.90 bits per heavy atom. The summed E-state index contributed by atoms with van der Waals surface area (Å²) in [5.41, 5.74) is -2.85. The third-order valence-corrected chi connectivity index (χ3v) is 5.04. The van der Waals surface area contributed by atoms with E-state index in [1.54, 1.807) is 0 Å². The topological polar surface area (TPSA) is 93.1 Å². The van der Waals surface area contributed by atoms with E-state index in [9.17, 15) is 19.8 Å². The Balaban J connectivity index is 2.07. The van der Waals surface area contributed by atoms with Gasteiger partial charge >= 0.3 is 11.9 Å². The normalized spacial score (nSPS) is 49.0. The predicted molar refractivity (Wildman–Crippen MR) is 66.2 cm³/mol. The van der Waals surface area contributed by atoms with E-state index >= 15 is 0 Å². The molecule has 6 nitrogen and oxygen atoms in total. The fourth-order valence-electron chi connectivity index (χ4n) is 4.80. The molecule has 0 aliphatic heterocycles. The van der Waals surface area contributed by atoms with E-state index in [4.69, 9.17) is 9.47 Å². The van der Waals surface area contributed by atoms with Gasteiger partial charge in [-0.05, 0) is 43.9 Å². The van der Waals surface area contributed by atoms with Gasteiger partial charge in [0.25, 0.3) is 5.79 Å². The lowest BCUT2D eigenvalue weighted by Crippen LogP contribution is -2.79. The molecule has 112 valence electrons. The van der Waals surface area contributed by atoms with Gasteiger partial charge in [0.15, 0.2) is 5.60 Å². The largest absolute Gasteiger partial charge is 0.452 e. The lowest BCUT2D eigenvalue weighted by Gasteiger charge is -2.65. The van der Waals surface area contributed by atoms with E-state index in [2.05, 4.69) is 0 Å². The second-order valence-corrected chi connectivity index (χ2v) is 6.64. The van der Waals surface area contributed by atoms with E-state index in [1.165, 1.54) is 13.8 Å². The molecule has 0 spiro atoms. The number of hydrogen-bond acceptors (Lipinski definition) is 6. The highest BCUT2D eigenvalue weighted by Crippen LogP contribution is 2.63. The molecule has 6 heteroatoms. The summed E-state index contributed by atoms with van der Waals surface area (Å²) in [4.78, 5) is 22.8. The summed E-state index contributed by atoms with van der Waals surface area (Å²) in [6.45, 7) is 2.44. The van der Waals surface area contributed by atoms with E-state index in [1.807, 2.05) is 0 Å². The third kappa shape index (κ3) is 1.64. The fraction of sp³-hybridized carbons (Fsp3) is 0.857. The first-order chi connectivity index (χ1) is 9.20. The molecule has 0 saturated heterocycles. The Morgan fingerprint density at radius 1 is 0.950 bits per heavy atom. The molecule has 4 aliphatic rings. The second-order valence-electron chi connectivity index (χ2n) is 6.64. The molecule has 0 aromatic heterocycles. The standard InChI is InChI=1S/C14H20O6/c1-8(15)19-13-6-10-3-11(7-13)5-12(17,4-10)14(13,18)20-9(2)16/h10-11,17-18H,3-7H2,1-2H3. The van der Waals surface area contributed by atoms with E-state index < -0.39 is 28.9 Å². The maximum atomic E-state index is 11.5. The van der Waals surface area contributed by atoms with Crippen LogP contribution in [0.5, 0.6) is 0 Å². The lowest BCUT2D eigenvalue weighted by atomic mass is 9.49. The predicted octanol–water partition coefficient (Wildman–Crippen LogP) is 0.495. The minimum atomic E-state index is -2.15. The van der Waals surface area contributed by atoms with Crippen molar-refractivity contribution in [2.45, 2.75) is 62.9 Å². The number of esters is 2. The fourth-order valence-corrected chi connectivity index (χ4v) is 4.80. The van der Waals surface area contributed by atoms with Gasteiger partial charge in [0, 0.05) is 13.8 Å². The summed E-state index contributed by atoms with van der Waals surface area (Å²) in [5.74, 6) is -3.02. The molecule has 0 heterocycles. The van der Waals surface area contributed by atoms with Crippen molar-refractivity contribution in [1.29, 1.82) is 0 Å². The molecule has 4 rings (SSSR count). The Labute approximate surface area is 117 Å². The number of aliphatic hydroxyl groups is 2. The molecule has 4 bridgehead atoms. The van der Waals surface area contributed by atoms with Crippen LogP contribution in [0.1, 0.15) is 46.0 Å². The summed E-state index contributed by atoms with van der Waals surface area (Å²) < 4.78 is 10.5. The molecule has 0 aromatic rings. The first-order valence-electron chi connectivity index (χ1n) is 7.04. The average molecular weight is 284 g/mol. The molecular weight excluding hydrogens is 264 g/mol. The van der Waals surface area contributed by atoms with Crippen LogP contribution in [-0.2, 0) is 19.1 Å². The minimum absolute atomic E-state index is 0.183. The number of carbonyl (C=O) groups excluding carboxylic acids is 2. The molecule has 20 heavy (non-hydrogen) atoms. The van der Waals surface area contributed by atoms with Gasteiger partial charge in [-0.3, -0.25) is 9.59 Å². The van der Waals surface area contributed by atoms with Crippen LogP contribution >= 0.6 is 0 Å². The Kier molecular flexibility index (Phi) is 2.73. The SMILES string of the molecule is CC(=O)OC12CC3CC(CC(O)(C3)C1(O)OC(C)=O)C2. The van der Waals surface area contributed by atoms with E-state index in [-0.39, 0.29) is 11.8 Å². The van der Waals surface area contributed by atoms with Crippen LogP contribution in [0.4, 0.5) is 0 Å². The van der Waals surface area contributed by atoms with Crippen LogP contribution in [0.2, 0.25) is 0 Å². The summed E-state index contributed by atoms with van der Waals surface area (Å²) in [7, 11) is 0. The van der Waals surface area contributed by atoms with Crippen LogP contribution < -0.4 is 0 Å². The van der Waals surface area contributed by atoms with Gasteiger partial charge in [-0.1, -0.05) is 0 Å². The van der Waals surface area contributed by atoms with Crippen molar-refractivity contribution < 1.29 is 29.3 Å². The highest BCUT2D eigenvalue weighted by Gasteiger charge is 2.76.